The number of hydrazine groups is 1. The molecule has 5 nitrogen and oxygen atoms in total. The number of halogens is 3. The highest BCUT2D eigenvalue weighted by Gasteiger charge is 2.11. The van der Waals surface area contributed by atoms with E-state index in [0.29, 0.717) is 31.5 Å². The highest BCUT2D eigenvalue weighted by atomic mass is 35.5. The molecule has 0 amide bonds. The van der Waals surface area contributed by atoms with Crippen molar-refractivity contribution in [2.45, 2.75) is 6.61 Å². The molecule has 0 fully saturated rings. The van der Waals surface area contributed by atoms with E-state index in [2.05, 4.69) is 15.0 Å². The first-order valence-electron chi connectivity index (χ1n) is 4.67. The number of ether oxygens (including phenoxy) is 1. The van der Waals surface area contributed by atoms with Gasteiger partial charge >= 0.3 is 0 Å². The molecular formula is C9H7Cl3N4OS. The van der Waals surface area contributed by atoms with Crippen molar-refractivity contribution >= 4 is 51.3 Å². The lowest BCUT2D eigenvalue weighted by Crippen LogP contribution is -2.08. The number of anilines is 1. The normalized spacial score (nSPS) is 10.4. The summed E-state index contributed by atoms with van der Waals surface area (Å²) >= 11 is 18.8. The maximum absolute atomic E-state index is 5.97. The van der Waals surface area contributed by atoms with Gasteiger partial charge in [0, 0.05) is 17.6 Å². The van der Waals surface area contributed by atoms with Gasteiger partial charge in [-0.25, -0.2) is 5.84 Å². The average Bonchev–Trinajstić information content (AvgIpc) is 2.79. The minimum Gasteiger partial charge on any atom is -0.485 e. The van der Waals surface area contributed by atoms with Gasteiger partial charge in [0.1, 0.15) is 18.1 Å². The summed E-state index contributed by atoms with van der Waals surface area (Å²) in [7, 11) is 0. The van der Waals surface area contributed by atoms with Gasteiger partial charge in [-0.05, 0) is 6.07 Å². The van der Waals surface area contributed by atoms with E-state index >= 15 is 0 Å². The van der Waals surface area contributed by atoms with E-state index in [9.17, 15) is 0 Å². The lowest BCUT2D eigenvalue weighted by molar-refractivity contribution is 0.302. The van der Waals surface area contributed by atoms with Gasteiger partial charge in [-0.3, -0.25) is 0 Å². The van der Waals surface area contributed by atoms with Crippen LogP contribution in [0, 0.1) is 0 Å². The van der Waals surface area contributed by atoms with Crippen LogP contribution in [0.25, 0.3) is 0 Å². The van der Waals surface area contributed by atoms with Crippen molar-refractivity contribution in [1.29, 1.82) is 0 Å². The smallest absolute Gasteiger partial charge is 0.150 e. The molecule has 2 aromatic rings. The monoisotopic (exact) mass is 324 g/mol. The van der Waals surface area contributed by atoms with Crippen molar-refractivity contribution in [3.63, 3.8) is 0 Å². The Balaban J connectivity index is 2.13. The largest absolute Gasteiger partial charge is 0.485 e. The fourth-order valence-corrected chi connectivity index (χ4v) is 2.24. The van der Waals surface area contributed by atoms with Crippen LogP contribution in [0.2, 0.25) is 15.1 Å². The Labute approximate surface area is 122 Å². The van der Waals surface area contributed by atoms with E-state index in [0.717, 1.165) is 11.5 Å². The van der Waals surface area contributed by atoms with Crippen LogP contribution in [0.15, 0.2) is 12.1 Å². The zero-order valence-corrected chi connectivity index (χ0v) is 11.9. The quantitative estimate of drug-likeness (QED) is 0.512. The third kappa shape index (κ3) is 2.96. The highest BCUT2D eigenvalue weighted by molar-refractivity contribution is 7.10. The van der Waals surface area contributed by atoms with Gasteiger partial charge in [0.15, 0.2) is 5.00 Å². The number of rotatable bonds is 4. The van der Waals surface area contributed by atoms with Crippen LogP contribution in [0.5, 0.6) is 5.75 Å². The van der Waals surface area contributed by atoms with Crippen LogP contribution in [0.1, 0.15) is 5.69 Å². The van der Waals surface area contributed by atoms with Crippen LogP contribution >= 0.6 is 46.3 Å². The van der Waals surface area contributed by atoms with Crippen LogP contribution in [0.3, 0.4) is 0 Å². The summed E-state index contributed by atoms with van der Waals surface area (Å²) in [6, 6.07) is 3.06. The second-order valence-corrected chi connectivity index (χ2v) is 5.15. The Morgan fingerprint density at radius 1 is 1.22 bits per heavy atom. The van der Waals surface area contributed by atoms with E-state index in [1.165, 1.54) is 6.07 Å². The van der Waals surface area contributed by atoms with Crippen LogP contribution in [-0.4, -0.2) is 9.59 Å². The molecule has 18 heavy (non-hydrogen) atoms. The van der Waals surface area contributed by atoms with E-state index in [1.807, 2.05) is 0 Å². The molecule has 9 heteroatoms. The minimum atomic E-state index is 0.174. The molecule has 0 aliphatic rings. The van der Waals surface area contributed by atoms with Gasteiger partial charge in [-0.15, -0.1) is 5.10 Å². The molecule has 1 heterocycles. The second kappa shape index (κ2) is 5.90. The molecule has 0 atom stereocenters. The fraction of sp³-hybridized carbons (Fsp3) is 0.111. The Kier molecular flexibility index (Phi) is 4.47. The van der Waals surface area contributed by atoms with Crippen molar-refractivity contribution in [1.82, 2.24) is 9.59 Å². The Morgan fingerprint density at radius 3 is 2.67 bits per heavy atom. The molecule has 0 spiro atoms. The zero-order chi connectivity index (χ0) is 13.1. The average molecular weight is 326 g/mol. The summed E-state index contributed by atoms with van der Waals surface area (Å²) in [5.41, 5.74) is 3.07. The Hall–Kier alpha value is -0.790. The molecule has 0 bridgehead atoms. The third-order valence-electron chi connectivity index (χ3n) is 2.03. The van der Waals surface area contributed by atoms with Crippen LogP contribution in [-0.2, 0) is 6.61 Å². The molecule has 0 radical (unpaired) electrons. The van der Waals surface area contributed by atoms with Gasteiger partial charge < -0.3 is 10.2 Å². The Morgan fingerprint density at radius 2 is 1.94 bits per heavy atom. The predicted octanol–water partition coefficient (Wildman–Crippen LogP) is 3.36. The number of nitrogen functional groups attached to an aromatic ring is 1. The standard InChI is InChI=1S/C9H7Cl3N4OS/c10-4-1-6(12)8(2-5(4)11)17-3-7-9(14-13)18-16-15-7/h1-2,14H,3,13H2. The van der Waals surface area contributed by atoms with Crippen molar-refractivity contribution in [3.05, 3.63) is 32.9 Å². The van der Waals surface area contributed by atoms with E-state index in [-0.39, 0.29) is 6.61 Å². The molecule has 0 unspecified atom stereocenters. The van der Waals surface area contributed by atoms with Crippen molar-refractivity contribution in [3.8, 4) is 5.75 Å². The summed E-state index contributed by atoms with van der Waals surface area (Å²) < 4.78 is 9.24. The molecule has 1 aromatic carbocycles. The molecule has 1 aromatic heterocycles. The maximum Gasteiger partial charge on any atom is 0.150 e. The molecule has 0 aliphatic heterocycles. The molecule has 96 valence electrons. The van der Waals surface area contributed by atoms with Gasteiger partial charge in [-0.1, -0.05) is 39.3 Å². The summed E-state index contributed by atoms with van der Waals surface area (Å²) in [6.07, 6.45) is 0. The minimum absolute atomic E-state index is 0.174. The van der Waals surface area contributed by atoms with Crippen LogP contribution in [0.4, 0.5) is 5.00 Å². The van der Waals surface area contributed by atoms with Crippen molar-refractivity contribution in [2.24, 2.45) is 5.84 Å². The number of nitrogens with one attached hydrogen (secondary N) is 1. The molecular weight excluding hydrogens is 319 g/mol. The van der Waals surface area contributed by atoms with Gasteiger partial charge in [0.25, 0.3) is 0 Å². The summed E-state index contributed by atoms with van der Waals surface area (Å²) in [4.78, 5) is 0. The highest BCUT2D eigenvalue weighted by Crippen LogP contribution is 2.34. The maximum atomic E-state index is 5.97. The lowest BCUT2D eigenvalue weighted by Gasteiger charge is -2.08. The number of hydrogen-bond donors (Lipinski definition) is 2. The first kappa shape index (κ1) is 13.6. The molecule has 2 rings (SSSR count). The van der Waals surface area contributed by atoms with Gasteiger partial charge in [-0.2, -0.15) is 0 Å². The van der Waals surface area contributed by atoms with Crippen molar-refractivity contribution in [2.75, 3.05) is 5.43 Å². The van der Waals surface area contributed by atoms with E-state index in [4.69, 9.17) is 45.4 Å². The van der Waals surface area contributed by atoms with Gasteiger partial charge in [0.2, 0.25) is 0 Å². The third-order valence-corrected chi connectivity index (χ3v) is 3.74. The zero-order valence-electron chi connectivity index (χ0n) is 8.78. The summed E-state index contributed by atoms with van der Waals surface area (Å²) in [5, 5.41) is 5.61. The predicted molar refractivity (Wildman–Crippen MR) is 73.5 cm³/mol. The SMILES string of the molecule is NNc1snnc1COc1cc(Cl)c(Cl)cc1Cl. The first-order chi connectivity index (χ1) is 8.61. The number of hydrogen-bond acceptors (Lipinski definition) is 6. The lowest BCUT2D eigenvalue weighted by atomic mass is 10.3. The number of benzene rings is 1. The summed E-state index contributed by atoms with van der Waals surface area (Å²) in [6.45, 7) is 0.174. The molecule has 0 saturated carbocycles. The van der Waals surface area contributed by atoms with Crippen LogP contribution < -0.4 is 16.0 Å². The number of nitrogens with two attached hydrogens (primary N) is 1. The summed E-state index contributed by atoms with van der Waals surface area (Å²) in [5.74, 6) is 5.72. The first-order valence-corrected chi connectivity index (χ1v) is 6.57. The number of nitrogens with zero attached hydrogens (tertiary/aromatic N) is 2. The van der Waals surface area contributed by atoms with E-state index < -0.39 is 0 Å². The van der Waals surface area contributed by atoms with Gasteiger partial charge in [0.05, 0.1) is 15.1 Å². The molecule has 0 saturated heterocycles. The Bertz CT molecular complexity index is 563. The molecule has 3 N–H and O–H groups in total. The van der Waals surface area contributed by atoms with E-state index in [1.54, 1.807) is 6.07 Å². The second-order valence-electron chi connectivity index (χ2n) is 3.18. The number of aromatic nitrogens is 2. The fourth-order valence-electron chi connectivity index (χ4n) is 1.17. The molecule has 0 aliphatic carbocycles. The van der Waals surface area contributed by atoms with Crippen molar-refractivity contribution < 1.29 is 4.74 Å². The topological polar surface area (TPSA) is 73.1 Å².